The Bertz CT molecular complexity index is 886. The summed E-state index contributed by atoms with van der Waals surface area (Å²) >= 11 is 0. The van der Waals surface area contributed by atoms with E-state index in [2.05, 4.69) is 9.88 Å². The monoisotopic (exact) mass is 393 g/mol. The van der Waals surface area contributed by atoms with Crippen molar-refractivity contribution in [1.29, 1.82) is 0 Å². The molecular weight excluding hydrogens is 370 g/mol. The Kier molecular flexibility index (Phi) is 5.93. The number of aromatic nitrogens is 1. The molecule has 1 saturated heterocycles. The molecule has 0 spiro atoms. The number of carbonyl (C=O) groups is 1. The molecule has 9 heteroatoms. The standard InChI is InChI=1S/C18H23N3O5S/c1-13-10-15(20-26-13)12-21(2)18(22)14-5-7-17(8-6-14)27(23,24)19-11-16-4-3-9-25-16/h5-8,10,16,19H,3-4,9,11-12H2,1-2H3. The number of carbonyl (C=O) groups excluding carboxylic acids is 1. The van der Waals surface area contributed by atoms with Gasteiger partial charge in [0.1, 0.15) is 11.5 Å². The fourth-order valence-corrected chi connectivity index (χ4v) is 3.96. The lowest BCUT2D eigenvalue weighted by Gasteiger charge is -2.16. The van der Waals surface area contributed by atoms with E-state index in [1.165, 1.54) is 29.2 Å². The summed E-state index contributed by atoms with van der Waals surface area (Å²) in [6.45, 7) is 3.01. The number of nitrogens with one attached hydrogen (secondary N) is 1. The molecule has 1 amide bonds. The van der Waals surface area contributed by atoms with Crippen LogP contribution in [0.1, 0.15) is 34.7 Å². The maximum absolute atomic E-state index is 12.5. The van der Waals surface area contributed by atoms with E-state index in [0.29, 0.717) is 30.2 Å². The quantitative estimate of drug-likeness (QED) is 0.768. The van der Waals surface area contributed by atoms with Crippen molar-refractivity contribution in [3.05, 3.63) is 47.3 Å². The molecule has 1 N–H and O–H groups in total. The van der Waals surface area contributed by atoms with Crippen LogP contribution in [0.25, 0.3) is 0 Å². The molecule has 146 valence electrons. The molecule has 1 aliphatic rings. The van der Waals surface area contributed by atoms with Crippen LogP contribution in [0.5, 0.6) is 0 Å². The van der Waals surface area contributed by atoms with Crippen LogP contribution in [0.4, 0.5) is 0 Å². The molecule has 1 unspecified atom stereocenters. The van der Waals surface area contributed by atoms with Crippen molar-refractivity contribution in [2.45, 2.75) is 37.3 Å². The van der Waals surface area contributed by atoms with E-state index in [9.17, 15) is 13.2 Å². The third-order valence-corrected chi connectivity index (χ3v) is 5.80. The average molecular weight is 393 g/mol. The van der Waals surface area contributed by atoms with E-state index in [4.69, 9.17) is 9.26 Å². The zero-order valence-electron chi connectivity index (χ0n) is 15.3. The van der Waals surface area contributed by atoms with Crippen molar-refractivity contribution < 1.29 is 22.5 Å². The van der Waals surface area contributed by atoms with Gasteiger partial charge < -0.3 is 14.2 Å². The summed E-state index contributed by atoms with van der Waals surface area (Å²) in [5, 5.41) is 3.86. The van der Waals surface area contributed by atoms with E-state index >= 15 is 0 Å². The van der Waals surface area contributed by atoms with Gasteiger partial charge in [-0.15, -0.1) is 0 Å². The minimum atomic E-state index is -3.63. The molecule has 1 aromatic carbocycles. The van der Waals surface area contributed by atoms with Crippen molar-refractivity contribution in [2.24, 2.45) is 0 Å². The fraction of sp³-hybridized carbons (Fsp3) is 0.444. The highest BCUT2D eigenvalue weighted by Crippen LogP contribution is 2.15. The van der Waals surface area contributed by atoms with Gasteiger partial charge in [0.15, 0.2) is 0 Å². The van der Waals surface area contributed by atoms with Crippen LogP contribution >= 0.6 is 0 Å². The third kappa shape index (κ3) is 4.94. The van der Waals surface area contributed by atoms with E-state index < -0.39 is 10.0 Å². The molecule has 1 aliphatic heterocycles. The summed E-state index contributed by atoms with van der Waals surface area (Å²) < 4.78 is 37.7. The van der Waals surface area contributed by atoms with E-state index in [-0.39, 0.29) is 23.5 Å². The molecule has 0 aliphatic carbocycles. The predicted molar refractivity (Wildman–Crippen MR) is 97.6 cm³/mol. The molecule has 1 aromatic heterocycles. The van der Waals surface area contributed by atoms with E-state index in [1.54, 1.807) is 20.0 Å². The highest BCUT2D eigenvalue weighted by Gasteiger charge is 2.21. The molecule has 0 bridgehead atoms. The Balaban J connectivity index is 1.62. The Morgan fingerprint density at radius 1 is 1.33 bits per heavy atom. The van der Waals surface area contributed by atoms with Gasteiger partial charge in [0.2, 0.25) is 10.0 Å². The number of rotatable bonds is 7. The minimum absolute atomic E-state index is 0.0746. The summed E-state index contributed by atoms with van der Waals surface area (Å²) in [5.41, 5.74) is 1.05. The molecule has 27 heavy (non-hydrogen) atoms. The second-order valence-electron chi connectivity index (χ2n) is 6.60. The van der Waals surface area contributed by atoms with Gasteiger partial charge in [0.05, 0.1) is 17.5 Å². The number of amides is 1. The minimum Gasteiger partial charge on any atom is -0.377 e. The summed E-state index contributed by atoms with van der Waals surface area (Å²) in [4.78, 5) is 14.1. The third-order valence-electron chi connectivity index (χ3n) is 4.36. The van der Waals surface area contributed by atoms with Crippen LogP contribution in [0, 0.1) is 6.92 Å². The number of ether oxygens (including phenoxy) is 1. The molecule has 3 rings (SSSR count). The van der Waals surface area contributed by atoms with Crippen LogP contribution in [0.3, 0.4) is 0 Å². The normalized spacial score (nSPS) is 17.2. The number of hydrogen-bond donors (Lipinski definition) is 1. The summed E-state index contributed by atoms with van der Waals surface area (Å²) in [5.74, 6) is 0.447. The molecule has 2 heterocycles. The number of sulfonamides is 1. The first-order valence-corrected chi connectivity index (χ1v) is 10.2. The Morgan fingerprint density at radius 3 is 2.67 bits per heavy atom. The Labute approximate surface area is 158 Å². The van der Waals surface area contributed by atoms with Crippen LogP contribution in [0.2, 0.25) is 0 Å². The first-order chi connectivity index (χ1) is 12.8. The van der Waals surface area contributed by atoms with Gasteiger partial charge >= 0.3 is 0 Å². The van der Waals surface area contributed by atoms with Gasteiger partial charge in [-0.1, -0.05) is 5.16 Å². The maximum atomic E-state index is 12.5. The van der Waals surface area contributed by atoms with Gasteiger partial charge in [0, 0.05) is 31.8 Å². The zero-order chi connectivity index (χ0) is 19.4. The molecular formula is C18H23N3O5S. The molecule has 2 aromatic rings. The SMILES string of the molecule is Cc1cc(CN(C)C(=O)c2ccc(S(=O)(=O)NCC3CCCO3)cc2)no1. The van der Waals surface area contributed by atoms with Crippen LogP contribution in [-0.4, -0.2) is 50.7 Å². The number of benzene rings is 1. The van der Waals surface area contributed by atoms with Gasteiger partial charge in [-0.05, 0) is 44.0 Å². The molecule has 8 nitrogen and oxygen atoms in total. The van der Waals surface area contributed by atoms with Gasteiger partial charge in [0.25, 0.3) is 5.91 Å². The van der Waals surface area contributed by atoms with Crippen LogP contribution in [0.15, 0.2) is 39.8 Å². The highest BCUT2D eigenvalue weighted by molar-refractivity contribution is 7.89. The van der Waals surface area contributed by atoms with Crippen molar-refractivity contribution in [3.63, 3.8) is 0 Å². The zero-order valence-corrected chi connectivity index (χ0v) is 16.2. The van der Waals surface area contributed by atoms with E-state index in [0.717, 1.165) is 12.8 Å². The van der Waals surface area contributed by atoms with Crippen molar-refractivity contribution >= 4 is 15.9 Å². The Morgan fingerprint density at radius 2 is 2.07 bits per heavy atom. The molecule has 0 saturated carbocycles. The second kappa shape index (κ2) is 8.20. The first-order valence-electron chi connectivity index (χ1n) is 8.74. The largest absolute Gasteiger partial charge is 0.377 e. The number of nitrogens with zero attached hydrogens (tertiary/aromatic N) is 2. The van der Waals surface area contributed by atoms with Crippen molar-refractivity contribution in [2.75, 3.05) is 20.2 Å². The maximum Gasteiger partial charge on any atom is 0.253 e. The van der Waals surface area contributed by atoms with Crippen LogP contribution < -0.4 is 4.72 Å². The summed E-state index contributed by atoms with van der Waals surface area (Å²) in [7, 11) is -1.98. The van der Waals surface area contributed by atoms with Crippen LogP contribution in [-0.2, 0) is 21.3 Å². The van der Waals surface area contributed by atoms with Gasteiger partial charge in [-0.25, -0.2) is 13.1 Å². The Hall–Kier alpha value is -2.23. The molecule has 1 atom stereocenters. The average Bonchev–Trinajstić information content (AvgIpc) is 3.31. The van der Waals surface area contributed by atoms with E-state index in [1.807, 2.05) is 0 Å². The molecule has 1 fully saturated rings. The lowest BCUT2D eigenvalue weighted by Crippen LogP contribution is -2.32. The van der Waals surface area contributed by atoms with Gasteiger partial charge in [-0.3, -0.25) is 4.79 Å². The highest BCUT2D eigenvalue weighted by atomic mass is 32.2. The smallest absolute Gasteiger partial charge is 0.253 e. The number of hydrogen-bond acceptors (Lipinski definition) is 6. The lowest BCUT2D eigenvalue weighted by molar-refractivity contribution is 0.0782. The summed E-state index contributed by atoms with van der Waals surface area (Å²) in [6, 6.07) is 7.64. The second-order valence-corrected chi connectivity index (χ2v) is 8.37. The predicted octanol–water partition coefficient (Wildman–Crippen LogP) is 1.71. The lowest BCUT2D eigenvalue weighted by atomic mass is 10.2. The van der Waals surface area contributed by atoms with Crippen molar-refractivity contribution in [3.8, 4) is 0 Å². The van der Waals surface area contributed by atoms with Crippen molar-refractivity contribution in [1.82, 2.24) is 14.8 Å². The first kappa shape index (κ1) is 19.5. The van der Waals surface area contributed by atoms with Gasteiger partial charge in [-0.2, -0.15) is 0 Å². The summed E-state index contributed by atoms with van der Waals surface area (Å²) in [6.07, 6.45) is 1.73. The number of aryl methyl sites for hydroxylation is 1. The topological polar surface area (TPSA) is 102 Å². The molecule has 0 radical (unpaired) electrons. The fourth-order valence-electron chi connectivity index (χ4n) is 2.90.